The van der Waals surface area contributed by atoms with Gasteiger partial charge in [-0.15, -0.1) is 0 Å². The zero-order valence-corrected chi connectivity index (χ0v) is 23.3. The number of sulfone groups is 1. The Morgan fingerprint density at radius 2 is 1.80 bits per heavy atom. The minimum Gasteiger partial charge on any atom is -0.484 e. The van der Waals surface area contributed by atoms with Gasteiger partial charge in [0.05, 0.1) is 23.5 Å². The van der Waals surface area contributed by atoms with E-state index >= 15 is 0 Å². The van der Waals surface area contributed by atoms with E-state index in [2.05, 4.69) is 10.3 Å². The van der Waals surface area contributed by atoms with Crippen LogP contribution in [0.15, 0.2) is 90.3 Å². The van der Waals surface area contributed by atoms with Crippen molar-refractivity contribution in [2.24, 2.45) is 0 Å². The number of rotatable bonds is 10. The van der Waals surface area contributed by atoms with Crippen molar-refractivity contribution in [2.45, 2.75) is 61.4 Å². The minimum absolute atomic E-state index is 0.0144. The Balaban J connectivity index is 1.34. The Morgan fingerprint density at radius 3 is 2.51 bits per heavy atom. The second-order valence-electron chi connectivity index (χ2n) is 10.7. The smallest absolute Gasteiger partial charge is 0.251 e. The summed E-state index contributed by atoms with van der Waals surface area (Å²) in [4.78, 5) is 29.4. The normalized spacial score (nSPS) is 15.7. The minimum atomic E-state index is -3.83. The van der Waals surface area contributed by atoms with Gasteiger partial charge in [-0.3, -0.25) is 9.59 Å². The van der Waals surface area contributed by atoms with Gasteiger partial charge >= 0.3 is 0 Å². The van der Waals surface area contributed by atoms with Crippen LogP contribution >= 0.6 is 0 Å². The van der Waals surface area contributed by atoms with Crippen LogP contribution in [0.4, 0.5) is 0 Å². The highest BCUT2D eigenvalue weighted by molar-refractivity contribution is 7.90. The topological polar surface area (TPSA) is 107 Å². The van der Waals surface area contributed by atoms with E-state index in [4.69, 9.17) is 4.74 Å². The lowest BCUT2D eigenvalue weighted by Crippen LogP contribution is -2.25. The van der Waals surface area contributed by atoms with E-state index in [0.717, 1.165) is 24.0 Å². The third kappa shape index (κ3) is 6.10. The summed E-state index contributed by atoms with van der Waals surface area (Å²) in [5.41, 5.74) is 3.17. The van der Waals surface area contributed by atoms with Gasteiger partial charge in [-0.2, -0.15) is 0 Å². The second-order valence-corrected chi connectivity index (χ2v) is 12.6. The number of nitrogens with zero attached hydrogens (tertiary/aromatic N) is 2. The maximum Gasteiger partial charge on any atom is 0.251 e. The van der Waals surface area contributed by atoms with Crippen molar-refractivity contribution in [2.75, 3.05) is 0 Å². The molecule has 0 spiro atoms. The summed E-state index contributed by atoms with van der Waals surface area (Å²) in [6.45, 7) is 0.469. The molecule has 1 N–H and O–H groups in total. The van der Waals surface area contributed by atoms with Gasteiger partial charge in [0.2, 0.25) is 0 Å². The highest BCUT2D eigenvalue weighted by atomic mass is 32.2. The number of imidazole rings is 1. The molecule has 0 unspecified atom stereocenters. The molecule has 1 amide bonds. The number of carbonyl (C=O) groups excluding carboxylic acids is 2. The fourth-order valence-corrected chi connectivity index (χ4v) is 6.66. The SMILES string of the molecule is O=C(NC1CC1)c1ccc(S(=O)(=O)Cc2c(O[C@H](Cn3ccnc3)c3ccccc3)ccc3c2CCCC3=O)cc1. The molecular weight excluding hydrogens is 538 g/mol. The summed E-state index contributed by atoms with van der Waals surface area (Å²) in [5.74, 6) is -0.0662. The van der Waals surface area contributed by atoms with Crippen LogP contribution in [0.25, 0.3) is 0 Å². The average Bonchev–Trinajstić information content (AvgIpc) is 3.65. The number of aromatic nitrogens is 2. The largest absolute Gasteiger partial charge is 0.484 e. The third-order valence-electron chi connectivity index (χ3n) is 7.62. The number of ketones is 1. The fourth-order valence-electron chi connectivity index (χ4n) is 5.25. The summed E-state index contributed by atoms with van der Waals surface area (Å²) >= 11 is 0. The van der Waals surface area contributed by atoms with Gasteiger partial charge < -0.3 is 14.6 Å². The molecular formula is C32H31N3O5S. The lowest BCUT2D eigenvalue weighted by Gasteiger charge is -2.25. The molecule has 0 aliphatic heterocycles. The first kappa shape index (κ1) is 27.0. The summed E-state index contributed by atoms with van der Waals surface area (Å²) in [6.07, 6.45) is 8.48. The molecule has 1 heterocycles. The van der Waals surface area contributed by atoms with Crippen molar-refractivity contribution in [3.63, 3.8) is 0 Å². The number of benzene rings is 3. The first-order chi connectivity index (χ1) is 19.9. The molecule has 41 heavy (non-hydrogen) atoms. The van der Waals surface area contributed by atoms with E-state index in [1.54, 1.807) is 36.8 Å². The van der Waals surface area contributed by atoms with E-state index in [0.29, 0.717) is 48.2 Å². The van der Waals surface area contributed by atoms with Gasteiger partial charge in [-0.1, -0.05) is 30.3 Å². The van der Waals surface area contributed by atoms with Gasteiger partial charge in [-0.25, -0.2) is 13.4 Å². The highest BCUT2D eigenvalue weighted by Gasteiger charge is 2.29. The highest BCUT2D eigenvalue weighted by Crippen LogP contribution is 2.36. The first-order valence-corrected chi connectivity index (χ1v) is 15.5. The predicted octanol–water partition coefficient (Wildman–Crippen LogP) is 5.09. The molecule has 1 saturated carbocycles. The number of fused-ring (bicyclic) bond motifs is 1. The molecule has 2 aliphatic rings. The molecule has 4 aromatic rings. The fraction of sp³-hybridized carbons (Fsp3) is 0.281. The lowest BCUT2D eigenvalue weighted by molar-refractivity contribution is 0.0948. The van der Waals surface area contributed by atoms with Crippen LogP contribution in [-0.2, 0) is 28.6 Å². The Hall–Kier alpha value is -4.24. The van der Waals surface area contributed by atoms with Crippen LogP contribution in [0.1, 0.15) is 69.2 Å². The summed E-state index contributed by atoms with van der Waals surface area (Å²) in [5, 5.41) is 2.92. The summed E-state index contributed by atoms with van der Waals surface area (Å²) in [7, 11) is -3.83. The van der Waals surface area contributed by atoms with Crippen LogP contribution in [0.3, 0.4) is 0 Å². The van der Waals surface area contributed by atoms with Gasteiger partial charge in [0.1, 0.15) is 11.9 Å². The Bertz CT molecular complexity index is 1660. The van der Waals surface area contributed by atoms with Crippen LogP contribution < -0.4 is 10.1 Å². The zero-order valence-electron chi connectivity index (χ0n) is 22.5. The zero-order chi connectivity index (χ0) is 28.4. The third-order valence-corrected chi connectivity index (χ3v) is 9.28. The molecule has 1 fully saturated rings. The number of ether oxygens (including phenoxy) is 1. The van der Waals surface area contributed by atoms with E-state index in [1.165, 1.54) is 12.1 Å². The molecule has 0 saturated heterocycles. The average molecular weight is 570 g/mol. The summed E-state index contributed by atoms with van der Waals surface area (Å²) in [6, 6.07) is 19.5. The van der Waals surface area contributed by atoms with Crippen molar-refractivity contribution in [3.05, 3.63) is 113 Å². The number of carbonyl (C=O) groups is 2. The molecule has 0 bridgehead atoms. The predicted molar refractivity (Wildman–Crippen MR) is 154 cm³/mol. The maximum atomic E-state index is 13.7. The Kier molecular flexibility index (Phi) is 7.45. The van der Waals surface area contributed by atoms with Crippen molar-refractivity contribution in [1.29, 1.82) is 0 Å². The van der Waals surface area contributed by atoms with Crippen LogP contribution in [0.5, 0.6) is 5.75 Å². The molecule has 1 atom stereocenters. The molecule has 9 heteroatoms. The number of hydrogen-bond acceptors (Lipinski definition) is 6. The maximum absolute atomic E-state index is 13.7. The van der Waals surface area contributed by atoms with Crippen molar-refractivity contribution < 1.29 is 22.7 Å². The van der Waals surface area contributed by atoms with E-state index < -0.39 is 15.9 Å². The van der Waals surface area contributed by atoms with Gasteiger partial charge in [0, 0.05) is 41.5 Å². The van der Waals surface area contributed by atoms with Crippen molar-refractivity contribution >= 4 is 21.5 Å². The monoisotopic (exact) mass is 569 g/mol. The molecule has 3 aromatic carbocycles. The molecule has 1 aromatic heterocycles. The van der Waals surface area contributed by atoms with Crippen LogP contribution in [0, 0.1) is 0 Å². The number of amides is 1. The van der Waals surface area contributed by atoms with Crippen LogP contribution in [-0.4, -0.2) is 35.7 Å². The summed E-state index contributed by atoms with van der Waals surface area (Å²) < 4.78 is 36.0. The van der Waals surface area contributed by atoms with Crippen molar-refractivity contribution in [1.82, 2.24) is 14.9 Å². The second kappa shape index (κ2) is 11.3. The number of hydrogen-bond donors (Lipinski definition) is 1. The number of nitrogens with one attached hydrogen (secondary N) is 1. The van der Waals surface area contributed by atoms with E-state index in [1.807, 2.05) is 41.1 Å². The molecule has 8 nitrogen and oxygen atoms in total. The van der Waals surface area contributed by atoms with E-state index in [-0.39, 0.29) is 28.4 Å². The number of Topliss-reactive ketones (excluding diaryl/α,β-unsaturated/α-hetero) is 1. The van der Waals surface area contributed by atoms with E-state index in [9.17, 15) is 18.0 Å². The molecule has 6 rings (SSSR count). The van der Waals surface area contributed by atoms with Gasteiger partial charge in [0.25, 0.3) is 5.91 Å². The Morgan fingerprint density at radius 1 is 1.02 bits per heavy atom. The van der Waals surface area contributed by atoms with Gasteiger partial charge in [-0.05, 0) is 73.2 Å². The molecule has 210 valence electrons. The lowest BCUT2D eigenvalue weighted by atomic mass is 9.87. The van der Waals surface area contributed by atoms with Crippen molar-refractivity contribution in [3.8, 4) is 5.75 Å². The van der Waals surface area contributed by atoms with Gasteiger partial charge in [0.15, 0.2) is 15.6 Å². The standard InChI is InChI=1S/C32H31N3O5S/c36-29-8-4-7-26-27(29)15-16-30(40-31(19-35-18-17-33-21-35)22-5-2-1-3-6-22)28(26)20-41(38,39)25-13-9-23(10-14-25)32(37)34-24-11-12-24/h1-3,5-6,9-10,13-18,21,24,31H,4,7-8,11-12,19-20H2,(H,34,37)/t31-/m1/s1. The first-order valence-electron chi connectivity index (χ1n) is 13.9. The molecule has 0 radical (unpaired) electrons. The molecule has 2 aliphatic carbocycles. The Labute approximate surface area is 239 Å². The quantitative estimate of drug-likeness (QED) is 0.285. The van der Waals surface area contributed by atoms with Crippen LogP contribution in [0.2, 0.25) is 0 Å².